The molecule has 3 heterocycles. The minimum absolute atomic E-state index is 0.0295. The summed E-state index contributed by atoms with van der Waals surface area (Å²) >= 11 is -0.0295. The van der Waals surface area contributed by atoms with Crippen molar-refractivity contribution in [2.75, 3.05) is 13.1 Å². The molecule has 15 atom stereocenters. The summed E-state index contributed by atoms with van der Waals surface area (Å²) in [6, 6.07) is 5.88. The molecule has 3 aliphatic heterocycles. The van der Waals surface area contributed by atoms with Gasteiger partial charge in [-0.05, 0) is 66.1 Å². The summed E-state index contributed by atoms with van der Waals surface area (Å²) in [5.41, 5.74) is 8.84. The Labute approximate surface area is 492 Å². The van der Waals surface area contributed by atoms with Crippen LogP contribution in [0.3, 0.4) is 0 Å². The Hall–Kier alpha value is -7.07. The molecule has 3 aliphatic rings. The van der Waals surface area contributed by atoms with Gasteiger partial charge in [0.15, 0.2) is 17.7 Å². The third-order valence-electron chi connectivity index (χ3n) is 15.0. The number of fused-ring (bicyclic) bond motifs is 2. The normalized spacial score (nSPS) is 27.0. The maximum atomic E-state index is 14.7. The number of rotatable bonds is 20. The van der Waals surface area contributed by atoms with E-state index in [4.69, 9.17) is 15.2 Å². The van der Waals surface area contributed by atoms with Crippen LogP contribution in [0.4, 0.5) is 0 Å². The second-order valence-electron chi connectivity index (χ2n) is 21.4. The van der Waals surface area contributed by atoms with Gasteiger partial charge in [-0.1, -0.05) is 90.7 Å². The Morgan fingerprint density at radius 2 is 1.36 bits per heavy atom. The van der Waals surface area contributed by atoms with Crippen LogP contribution in [-0.2, 0) is 60.6 Å². The number of aromatic hydroxyl groups is 1. The van der Waals surface area contributed by atoms with Gasteiger partial charge >= 0.3 is 0 Å². The summed E-state index contributed by atoms with van der Waals surface area (Å²) in [7, 11) is 0. The highest BCUT2D eigenvalue weighted by atomic mass is 32.2. The second-order valence-corrected chi connectivity index (χ2v) is 21.9. The third-order valence-corrected chi connectivity index (χ3v) is 15.4. The molecule has 3 aromatic carbocycles. The van der Waals surface area contributed by atoms with E-state index in [1.807, 2.05) is 36.4 Å². The van der Waals surface area contributed by atoms with Gasteiger partial charge < -0.3 is 92.3 Å². The van der Waals surface area contributed by atoms with Crippen LogP contribution in [-0.4, -0.2) is 200 Å². The number of carbonyl (C=O) groups excluding carboxylic acids is 8. The molecule has 6 rings (SSSR count). The first kappa shape index (κ1) is 67.1. The van der Waals surface area contributed by atoms with Gasteiger partial charge in [0.25, 0.3) is 12.3 Å². The van der Waals surface area contributed by atoms with E-state index in [9.17, 15) is 84.3 Å². The van der Waals surface area contributed by atoms with Crippen LogP contribution in [0, 0.1) is 5.92 Å². The number of nitrogens with one attached hydrogen (secondary N) is 5. The summed E-state index contributed by atoms with van der Waals surface area (Å²) in [4.78, 5) is 114. The lowest BCUT2D eigenvalue weighted by molar-refractivity contribution is -0.433. The van der Waals surface area contributed by atoms with Crippen molar-refractivity contribution in [2.45, 2.75) is 164 Å². The van der Waals surface area contributed by atoms with Crippen molar-refractivity contribution in [3.05, 3.63) is 83.4 Å². The van der Waals surface area contributed by atoms with Crippen molar-refractivity contribution in [3.8, 4) is 22.6 Å². The standard InChI is InChI=1S/C55H74N8O21S/c1-4-5-6-7-28-8-13-30(14-9-28)31-15-10-29(11-16-31)12-19-41(70)57-34-22-38(68)51(76)61-53(78)45-46(71)26(2)24-63(45)55(80)43(37(67)23-40(56)69)59-52(77)44(48(73)47(72)32-17-18-36(66)39(20-32)82-85-84-83-81)60-50(75)35-21-33(65)25-62(35)54(79)42(27(3)64)58-49(34)74/h8-11,13-18,20,26-27,33-35,37-38,42-48,51,64-68,71-73,76,81H,4-7,12,19,21-25H2,1-3H3,(H2,56,69)(H,57,70)(H,58,74)(H,59,77)(H,60,75)(H,61,78). The van der Waals surface area contributed by atoms with Gasteiger partial charge in [0.05, 0.1) is 30.8 Å². The molecule has 15 unspecified atom stereocenters. The second kappa shape index (κ2) is 30.8. The summed E-state index contributed by atoms with van der Waals surface area (Å²) in [6.45, 7) is 3.42. The van der Waals surface area contributed by atoms with E-state index in [0.29, 0.717) is 9.80 Å². The largest absolute Gasteiger partial charge is 0.504 e. The molecule has 3 aromatic rings. The lowest BCUT2D eigenvalue weighted by Gasteiger charge is -2.34. The van der Waals surface area contributed by atoms with Crippen LogP contribution < -0.4 is 36.5 Å². The summed E-state index contributed by atoms with van der Waals surface area (Å²) in [5, 5.41) is 124. The van der Waals surface area contributed by atoms with E-state index in [0.717, 1.165) is 67.5 Å². The van der Waals surface area contributed by atoms with Crippen LogP contribution in [0.2, 0.25) is 0 Å². The van der Waals surface area contributed by atoms with Gasteiger partial charge in [0.2, 0.25) is 47.3 Å². The smallest absolute Gasteiger partial charge is 0.261 e. The number of amides is 8. The predicted octanol–water partition coefficient (Wildman–Crippen LogP) is -2.89. The van der Waals surface area contributed by atoms with Crippen molar-refractivity contribution in [1.82, 2.24) is 36.4 Å². The van der Waals surface area contributed by atoms with Crippen LogP contribution in [0.25, 0.3) is 11.1 Å². The molecule has 0 aromatic heterocycles. The highest BCUT2D eigenvalue weighted by Gasteiger charge is 2.51. The Balaban J connectivity index is 1.34. The minimum Gasteiger partial charge on any atom is -0.504 e. The van der Waals surface area contributed by atoms with Crippen molar-refractivity contribution in [1.29, 1.82) is 0 Å². The van der Waals surface area contributed by atoms with Gasteiger partial charge in [0, 0.05) is 38.3 Å². The molecule has 17 N–H and O–H groups in total. The van der Waals surface area contributed by atoms with Crippen LogP contribution in [0.15, 0.2) is 66.7 Å². The van der Waals surface area contributed by atoms with E-state index in [1.54, 1.807) is 0 Å². The fourth-order valence-electron chi connectivity index (χ4n) is 10.3. The van der Waals surface area contributed by atoms with E-state index in [2.05, 4.69) is 55.0 Å². The topological polar surface area (TPSA) is 459 Å². The lowest BCUT2D eigenvalue weighted by Crippen LogP contribution is -2.64. The van der Waals surface area contributed by atoms with Crippen molar-refractivity contribution in [2.24, 2.45) is 11.7 Å². The number of benzene rings is 3. The van der Waals surface area contributed by atoms with Gasteiger partial charge in [-0.15, -0.1) is 0 Å². The van der Waals surface area contributed by atoms with E-state index in [1.165, 1.54) is 12.5 Å². The minimum atomic E-state index is -2.54. The van der Waals surface area contributed by atoms with Gasteiger partial charge in [-0.2, -0.15) is 0 Å². The number of nitrogens with two attached hydrogens (primary N) is 1. The summed E-state index contributed by atoms with van der Waals surface area (Å²) in [5.74, 6) is -12.3. The number of aliphatic hydroxyl groups excluding tert-OH is 8. The molecule has 0 radical (unpaired) electrons. The first-order valence-corrected chi connectivity index (χ1v) is 28.2. The molecule has 0 aliphatic carbocycles. The molecule has 0 saturated carbocycles. The number of carbonyl (C=O) groups is 8. The molecular weight excluding hydrogens is 1140 g/mol. The number of aliphatic hydroxyl groups is 8. The Morgan fingerprint density at radius 3 is 1.98 bits per heavy atom. The number of unbranched alkanes of at least 4 members (excludes halogenated alkanes) is 2. The number of primary amides is 1. The zero-order chi connectivity index (χ0) is 62.4. The Kier molecular flexibility index (Phi) is 24.3. The number of aryl methyl sites for hydroxylation is 2. The van der Waals surface area contributed by atoms with Gasteiger partial charge in [0.1, 0.15) is 54.6 Å². The molecule has 3 fully saturated rings. The highest BCUT2D eigenvalue weighted by Crippen LogP contribution is 2.34. The molecular formula is C55H74N8O21S. The molecule has 3 saturated heterocycles. The van der Waals surface area contributed by atoms with Crippen LogP contribution in [0.1, 0.15) is 88.5 Å². The van der Waals surface area contributed by atoms with Crippen LogP contribution in [0.5, 0.6) is 11.5 Å². The van der Waals surface area contributed by atoms with Gasteiger partial charge in [-0.3, -0.25) is 38.4 Å². The first-order valence-electron chi connectivity index (χ1n) is 27.5. The van der Waals surface area contributed by atoms with E-state index in [-0.39, 0.29) is 30.7 Å². The maximum Gasteiger partial charge on any atom is 0.261 e. The number of phenols is 1. The average Bonchev–Trinajstić information content (AvgIpc) is 2.77. The fourth-order valence-corrected chi connectivity index (χ4v) is 10.5. The molecule has 0 spiro atoms. The molecule has 8 amide bonds. The highest BCUT2D eigenvalue weighted by molar-refractivity contribution is 7.90. The summed E-state index contributed by atoms with van der Waals surface area (Å²) < 4.78 is 9.17. The fraction of sp³-hybridized carbons (Fsp3) is 0.527. The first-order chi connectivity index (χ1) is 40.3. The number of nitrogens with zero attached hydrogens (tertiary/aromatic N) is 2. The summed E-state index contributed by atoms with van der Waals surface area (Å²) in [6.07, 6.45) is -15.2. The Bertz CT molecular complexity index is 2820. The number of hydrogen-bond donors (Lipinski definition) is 16. The zero-order valence-corrected chi connectivity index (χ0v) is 47.4. The van der Waals surface area contributed by atoms with E-state index < -0.39 is 182 Å². The molecule has 85 heavy (non-hydrogen) atoms. The maximum absolute atomic E-state index is 14.7. The Morgan fingerprint density at radius 1 is 0.753 bits per heavy atom. The van der Waals surface area contributed by atoms with Gasteiger partial charge in [-0.25, -0.2) is 5.26 Å². The van der Waals surface area contributed by atoms with Crippen molar-refractivity contribution < 1.29 is 103 Å². The van der Waals surface area contributed by atoms with E-state index >= 15 is 0 Å². The molecule has 466 valence electrons. The lowest BCUT2D eigenvalue weighted by atomic mass is 9.96. The SMILES string of the molecule is CCCCCc1ccc(-c2ccc(CCC(=O)NC3CC(O)C(O)NC(=O)C4C(O)C(C)CN4C(=O)C(C(O)CC(N)=O)NC(=O)C(C(O)C(O)c4ccc(O)c(OSOOO)c4)NC(=O)C4CC(O)CN4C(=O)C(C(C)O)NC3=O)cc2)cc1. The number of phenolic OH excluding ortho intramolecular Hbond substituents is 1. The predicted molar refractivity (Wildman–Crippen MR) is 296 cm³/mol. The number of hydrogen-bond acceptors (Lipinski definition) is 22. The van der Waals surface area contributed by atoms with Crippen LogP contribution >= 0.6 is 12.3 Å². The molecule has 0 bridgehead atoms. The average molecular weight is 1220 g/mol. The van der Waals surface area contributed by atoms with Crippen molar-refractivity contribution >= 4 is 59.6 Å². The van der Waals surface area contributed by atoms with Crippen molar-refractivity contribution in [3.63, 3.8) is 0 Å². The zero-order valence-electron chi connectivity index (χ0n) is 46.6. The monoisotopic (exact) mass is 1210 g/mol. The third kappa shape index (κ3) is 17.5. The molecule has 29 nitrogen and oxygen atoms in total. The quantitative estimate of drug-likeness (QED) is 0.0234. The molecule has 30 heteroatoms.